The van der Waals surface area contributed by atoms with Crippen LogP contribution in [-0.4, -0.2) is 31.9 Å². The molecule has 156 valence electrons. The molecule has 0 aromatic carbocycles. The lowest BCUT2D eigenvalue weighted by Gasteiger charge is -2.10. The van der Waals surface area contributed by atoms with E-state index in [2.05, 4.69) is 19.9 Å². The van der Waals surface area contributed by atoms with Crippen molar-refractivity contribution in [1.82, 2.24) is 19.9 Å². The molecule has 0 aliphatic carbocycles. The fraction of sp³-hybridized carbons (Fsp3) is 0.524. The highest BCUT2D eigenvalue weighted by Gasteiger charge is 2.12. The number of ether oxygens (including phenoxy) is 2. The number of aryl methyl sites for hydroxylation is 6. The Morgan fingerprint density at radius 2 is 0.931 bits per heavy atom. The first-order valence-corrected chi connectivity index (χ1v) is 9.60. The zero-order chi connectivity index (χ0) is 21.6. The molecule has 2 heterocycles. The lowest BCUT2D eigenvalue weighted by Crippen LogP contribution is -2.11. The topological polar surface area (TPSA) is 104 Å². The molecule has 0 saturated carbocycles. The maximum absolute atomic E-state index is 11.9. The molecule has 8 heteroatoms. The number of rotatable bonds is 8. The van der Waals surface area contributed by atoms with Gasteiger partial charge in [-0.25, -0.2) is 0 Å². The first-order valence-electron chi connectivity index (χ1n) is 9.60. The largest absolute Gasteiger partial charge is 0.459 e. The number of aromatic nitrogens is 4. The molecule has 8 nitrogen and oxygen atoms in total. The van der Waals surface area contributed by atoms with E-state index in [9.17, 15) is 9.59 Å². The van der Waals surface area contributed by atoms with Crippen molar-refractivity contribution in [3.8, 4) is 0 Å². The van der Waals surface area contributed by atoms with Gasteiger partial charge >= 0.3 is 11.9 Å². The summed E-state index contributed by atoms with van der Waals surface area (Å²) in [5.41, 5.74) is 6.12. The van der Waals surface area contributed by atoms with Gasteiger partial charge < -0.3 is 9.47 Å². The summed E-state index contributed by atoms with van der Waals surface area (Å²) in [5.74, 6) is -0.763. The van der Waals surface area contributed by atoms with Gasteiger partial charge in [0.05, 0.1) is 45.6 Å². The molecule has 2 rings (SSSR count). The fourth-order valence-electron chi connectivity index (χ4n) is 2.62. The number of esters is 2. The van der Waals surface area contributed by atoms with Gasteiger partial charge in [-0.15, -0.1) is 0 Å². The van der Waals surface area contributed by atoms with Crippen molar-refractivity contribution in [2.45, 2.75) is 74.0 Å². The quantitative estimate of drug-likeness (QED) is 0.623. The van der Waals surface area contributed by atoms with Crippen molar-refractivity contribution in [2.24, 2.45) is 0 Å². The van der Waals surface area contributed by atoms with Crippen LogP contribution in [-0.2, 0) is 32.3 Å². The summed E-state index contributed by atoms with van der Waals surface area (Å²) < 4.78 is 10.5. The van der Waals surface area contributed by atoms with E-state index >= 15 is 0 Å². The van der Waals surface area contributed by atoms with Gasteiger partial charge in [-0.2, -0.15) is 0 Å². The van der Waals surface area contributed by atoms with E-state index in [0.717, 1.165) is 34.2 Å². The molecule has 2 aromatic rings. The Labute approximate surface area is 171 Å². The highest BCUT2D eigenvalue weighted by molar-refractivity contribution is 5.72. The Morgan fingerprint density at radius 3 is 1.31 bits per heavy atom. The number of nitrogens with zero attached hydrogens (tertiary/aromatic N) is 4. The minimum absolute atomic E-state index is 0.0773. The molecule has 0 aliphatic heterocycles. The molecule has 0 spiro atoms. The molecule has 0 aliphatic rings. The maximum Gasteiger partial charge on any atom is 0.306 e. The lowest BCUT2D eigenvalue weighted by molar-refractivity contribution is -0.147. The second-order valence-corrected chi connectivity index (χ2v) is 7.03. The van der Waals surface area contributed by atoms with Crippen LogP contribution in [0.25, 0.3) is 0 Å². The van der Waals surface area contributed by atoms with Crippen LogP contribution >= 0.6 is 0 Å². The molecule has 2 aromatic heterocycles. The van der Waals surface area contributed by atoms with Gasteiger partial charge in [-0.05, 0) is 48.0 Å². The van der Waals surface area contributed by atoms with Crippen molar-refractivity contribution in [3.63, 3.8) is 0 Å². The zero-order valence-electron chi connectivity index (χ0n) is 18.0. The SMILES string of the molecule is Cc1nc(C)c(COC(=O)CCCC(=O)OCc2nc(C)c(C)nc2C)nc1C. The van der Waals surface area contributed by atoms with E-state index in [1.807, 2.05) is 41.5 Å². The zero-order valence-corrected chi connectivity index (χ0v) is 18.0. The molecule has 0 N–H and O–H groups in total. The summed E-state index contributed by atoms with van der Waals surface area (Å²) in [7, 11) is 0. The molecule has 0 saturated heterocycles. The highest BCUT2D eigenvalue weighted by atomic mass is 16.5. The summed E-state index contributed by atoms with van der Waals surface area (Å²) >= 11 is 0. The van der Waals surface area contributed by atoms with Gasteiger partial charge in [0.15, 0.2) is 0 Å². The van der Waals surface area contributed by atoms with Crippen molar-refractivity contribution < 1.29 is 19.1 Å². The van der Waals surface area contributed by atoms with Crippen molar-refractivity contribution in [1.29, 1.82) is 0 Å². The van der Waals surface area contributed by atoms with Crippen molar-refractivity contribution in [2.75, 3.05) is 0 Å². The predicted molar refractivity (Wildman–Crippen MR) is 106 cm³/mol. The molecular weight excluding hydrogens is 372 g/mol. The summed E-state index contributed by atoms with van der Waals surface area (Å²) in [6.45, 7) is 11.3. The minimum Gasteiger partial charge on any atom is -0.459 e. The van der Waals surface area contributed by atoms with Gasteiger partial charge in [0.1, 0.15) is 13.2 Å². The smallest absolute Gasteiger partial charge is 0.306 e. The van der Waals surface area contributed by atoms with Gasteiger partial charge in [0.2, 0.25) is 0 Å². The van der Waals surface area contributed by atoms with Crippen LogP contribution in [0.5, 0.6) is 0 Å². The molecule has 0 unspecified atom stereocenters. The summed E-state index contributed by atoms with van der Waals surface area (Å²) in [5, 5.41) is 0. The molecule has 29 heavy (non-hydrogen) atoms. The first kappa shape index (κ1) is 22.4. The van der Waals surface area contributed by atoms with Crippen molar-refractivity contribution in [3.05, 3.63) is 45.6 Å². The second-order valence-electron chi connectivity index (χ2n) is 7.03. The molecule has 0 bridgehead atoms. The third-order valence-electron chi connectivity index (χ3n) is 4.66. The maximum atomic E-state index is 11.9. The fourth-order valence-corrected chi connectivity index (χ4v) is 2.62. The summed E-state index contributed by atoms with van der Waals surface area (Å²) in [4.78, 5) is 41.4. The Bertz CT molecular complexity index is 839. The number of carbonyl (C=O) groups excluding carboxylic acids is 2. The molecule has 0 radical (unpaired) electrons. The van der Waals surface area contributed by atoms with Crippen LogP contribution in [0, 0.1) is 41.5 Å². The van der Waals surface area contributed by atoms with E-state index in [0.29, 0.717) is 17.8 Å². The van der Waals surface area contributed by atoms with Crippen LogP contribution < -0.4 is 0 Å². The van der Waals surface area contributed by atoms with Crippen LogP contribution in [0.4, 0.5) is 0 Å². The Hall–Kier alpha value is -2.90. The predicted octanol–water partition coefficient (Wildman–Crippen LogP) is 3.07. The normalized spacial score (nSPS) is 10.7. The minimum atomic E-state index is -0.381. The average Bonchev–Trinajstić information content (AvgIpc) is 2.65. The lowest BCUT2D eigenvalue weighted by atomic mass is 10.2. The Morgan fingerprint density at radius 1 is 0.586 bits per heavy atom. The van der Waals surface area contributed by atoms with Crippen LogP contribution in [0.15, 0.2) is 0 Å². The van der Waals surface area contributed by atoms with Crippen LogP contribution in [0.3, 0.4) is 0 Å². The molecular formula is C21H28N4O4. The first-order chi connectivity index (χ1) is 13.7. The van der Waals surface area contributed by atoms with E-state index in [4.69, 9.17) is 9.47 Å². The monoisotopic (exact) mass is 400 g/mol. The third-order valence-corrected chi connectivity index (χ3v) is 4.66. The van der Waals surface area contributed by atoms with E-state index in [1.165, 1.54) is 0 Å². The van der Waals surface area contributed by atoms with Gasteiger partial charge in [0.25, 0.3) is 0 Å². The number of carbonyl (C=O) groups is 2. The number of hydrogen-bond donors (Lipinski definition) is 0. The highest BCUT2D eigenvalue weighted by Crippen LogP contribution is 2.11. The van der Waals surface area contributed by atoms with Gasteiger partial charge in [-0.1, -0.05) is 0 Å². The van der Waals surface area contributed by atoms with E-state index in [-0.39, 0.29) is 38.0 Å². The Kier molecular flexibility index (Phi) is 7.75. The van der Waals surface area contributed by atoms with Crippen LogP contribution in [0.1, 0.15) is 64.8 Å². The number of hydrogen-bond acceptors (Lipinski definition) is 8. The third kappa shape index (κ3) is 6.58. The van der Waals surface area contributed by atoms with Crippen LogP contribution in [0.2, 0.25) is 0 Å². The molecule has 0 amide bonds. The van der Waals surface area contributed by atoms with Gasteiger partial charge in [-0.3, -0.25) is 29.5 Å². The van der Waals surface area contributed by atoms with Gasteiger partial charge in [0, 0.05) is 12.8 Å². The summed E-state index contributed by atoms with van der Waals surface area (Å²) in [6, 6.07) is 0. The molecule has 0 fully saturated rings. The summed E-state index contributed by atoms with van der Waals surface area (Å²) in [6.07, 6.45) is 0.622. The Balaban J connectivity index is 1.71. The van der Waals surface area contributed by atoms with E-state index in [1.54, 1.807) is 0 Å². The molecule has 0 atom stereocenters. The second kappa shape index (κ2) is 10.0. The standard InChI is InChI=1S/C21H28N4O4/c1-12-14(3)24-18(16(5)22-12)10-28-20(26)8-7-9-21(27)29-11-19-17(6)23-13(2)15(4)25-19/h7-11H2,1-6H3. The average molecular weight is 400 g/mol. The van der Waals surface area contributed by atoms with E-state index < -0.39 is 0 Å². The van der Waals surface area contributed by atoms with Crippen molar-refractivity contribution >= 4 is 11.9 Å².